The third kappa shape index (κ3) is 4.52. The van der Waals surface area contributed by atoms with Gasteiger partial charge < -0.3 is 10.2 Å². The number of nitrogens with one attached hydrogen (secondary N) is 2. The van der Waals surface area contributed by atoms with Crippen LogP contribution in [0.3, 0.4) is 0 Å². The first-order chi connectivity index (χ1) is 10.4. The van der Waals surface area contributed by atoms with Crippen molar-refractivity contribution in [3.05, 3.63) is 49.8 Å². The number of benzene rings is 1. The molecule has 0 aliphatic rings. The molecule has 1 aromatic heterocycles. The first kappa shape index (κ1) is 17.4. The molecule has 0 aliphatic heterocycles. The van der Waals surface area contributed by atoms with Crippen LogP contribution in [0.15, 0.2) is 34.1 Å². The Morgan fingerprint density at radius 3 is 2.77 bits per heavy atom. The molecule has 2 aromatic rings. The van der Waals surface area contributed by atoms with Gasteiger partial charge in [0.2, 0.25) is 0 Å². The van der Waals surface area contributed by atoms with E-state index in [2.05, 4.69) is 21.2 Å². The summed E-state index contributed by atoms with van der Waals surface area (Å²) in [7, 11) is 1.96. The van der Waals surface area contributed by atoms with Crippen molar-refractivity contribution >= 4 is 50.5 Å². The standard InChI is InChI=1S/C15H15BrClFN2OS/c1-9(20(2)8-11-4-6-14(16)22-11)15(21)19-13-5-3-10(18)7-12(13)17/h3-7,9H,8H2,1-2H3,(H,19,21)/p+1/t9-/m1/s1. The van der Waals surface area contributed by atoms with Crippen molar-refractivity contribution in [3.63, 3.8) is 0 Å². The number of hydrogen-bond acceptors (Lipinski definition) is 2. The minimum atomic E-state index is -0.429. The van der Waals surface area contributed by atoms with Crippen molar-refractivity contribution in [1.29, 1.82) is 0 Å². The summed E-state index contributed by atoms with van der Waals surface area (Å²) in [5.41, 5.74) is 0.423. The number of halogens is 3. The van der Waals surface area contributed by atoms with Crippen molar-refractivity contribution in [2.45, 2.75) is 19.5 Å². The number of amides is 1. The van der Waals surface area contributed by atoms with Crippen molar-refractivity contribution in [2.75, 3.05) is 12.4 Å². The molecule has 1 amide bonds. The van der Waals surface area contributed by atoms with E-state index in [1.165, 1.54) is 23.1 Å². The van der Waals surface area contributed by atoms with Gasteiger partial charge in [0.1, 0.15) is 12.4 Å². The number of rotatable bonds is 5. The molecule has 1 unspecified atom stereocenters. The quantitative estimate of drug-likeness (QED) is 0.784. The number of quaternary nitrogens is 1. The predicted octanol–water partition coefficient (Wildman–Crippen LogP) is 3.35. The van der Waals surface area contributed by atoms with Gasteiger partial charge >= 0.3 is 0 Å². The van der Waals surface area contributed by atoms with E-state index in [0.717, 1.165) is 15.2 Å². The summed E-state index contributed by atoms with van der Waals surface area (Å²) in [5.74, 6) is -0.580. The Balaban J connectivity index is 1.98. The van der Waals surface area contributed by atoms with Gasteiger partial charge in [0.25, 0.3) is 5.91 Å². The molecule has 1 aromatic carbocycles. The largest absolute Gasteiger partial charge is 0.323 e. The summed E-state index contributed by atoms with van der Waals surface area (Å²) in [6.07, 6.45) is 0. The topological polar surface area (TPSA) is 33.5 Å². The lowest BCUT2D eigenvalue weighted by Crippen LogP contribution is -3.12. The van der Waals surface area contributed by atoms with E-state index in [9.17, 15) is 9.18 Å². The van der Waals surface area contributed by atoms with Gasteiger partial charge in [-0.15, -0.1) is 11.3 Å². The fourth-order valence-electron chi connectivity index (χ4n) is 1.93. The maximum atomic E-state index is 13.0. The Kier molecular flexibility index (Phi) is 5.97. The Bertz CT molecular complexity index is 679. The van der Waals surface area contributed by atoms with E-state index in [4.69, 9.17) is 11.6 Å². The van der Waals surface area contributed by atoms with Crippen LogP contribution in [0.5, 0.6) is 0 Å². The molecule has 22 heavy (non-hydrogen) atoms. The summed E-state index contributed by atoms with van der Waals surface area (Å²) < 4.78 is 14.1. The summed E-state index contributed by atoms with van der Waals surface area (Å²) in [6.45, 7) is 2.60. The molecule has 0 radical (unpaired) electrons. The SMILES string of the molecule is C[C@H](C(=O)Nc1ccc(F)cc1Cl)[NH+](C)Cc1ccc(Br)s1. The second-order valence-corrected chi connectivity index (χ2v) is 8.02. The van der Waals surface area contributed by atoms with Crippen LogP contribution in [0.4, 0.5) is 10.1 Å². The van der Waals surface area contributed by atoms with Crippen LogP contribution >= 0.6 is 38.9 Å². The van der Waals surface area contributed by atoms with Crippen molar-refractivity contribution in [2.24, 2.45) is 0 Å². The first-order valence-electron chi connectivity index (χ1n) is 6.69. The average Bonchev–Trinajstić information content (AvgIpc) is 2.86. The van der Waals surface area contributed by atoms with Crippen LogP contribution < -0.4 is 10.2 Å². The van der Waals surface area contributed by atoms with Crippen molar-refractivity contribution < 1.29 is 14.1 Å². The minimum Gasteiger partial charge on any atom is -0.323 e. The second-order valence-electron chi connectivity index (χ2n) is 5.06. The molecule has 2 rings (SSSR count). The van der Waals surface area contributed by atoms with E-state index >= 15 is 0 Å². The van der Waals surface area contributed by atoms with E-state index < -0.39 is 5.82 Å². The molecule has 0 spiro atoms. The van der Waals surface area contributed by atoms with Gasteiger partial charge in [-0.05, 0) is 53.2 Å². The predicted molar refractivity (Wildman–Crippen MR) is 92.1 cm³/mol. The van der Waals surface area contributed by atoms with E-state index in [1.54, 1.807) is 11.3 Å². The van der Waals surface area contributed by atoms with Gasteiger partial charge in [-0.2, -0.15) is 0 Å². The minimum absolute atomic E-state index is 0.151. The normalized spacial score (nSPS) is 13.7. The van der Waals surface area contributed by atoms with Crippen LogP contribution in [-0.4, -0.2) is 19.0 Å². The second kappa shape index (κ2) is 7.55. The molecule has 2 N–H and O–H groups in total. The number of anilines is 1. The van der Waals surface area contributed by atoms with Gasteiger partial charge in [-0.25, -0.2) is 4.39 Å². The summed E-state index contributed by atoms with van der Waals surface area (Å²) in [4.78, 5) is 14.6. The fraction of sp³-hybridized carbons (Fsp3) is 0.267. The Labute approximate surface area is 146 Å². The van der Waals surface area contributed by atoms with Gasteiger partial charge in [-0.3, -0.25) is 4.79 Å². The van der Waals surface area contributed by atoms with Gasteiger partial charge in [0, 0.05) is 0 Å². The van der Waals surface area contributed by atoms with Crippen molar-refractivity contribution in [3.8, 4) is 0 Å². The lowest BCUT2D eigenvalue weighted by Gasteiger charge is -2.20. The smallest absolute Gasteiger partial charge is 0.282 e. The Morgan fingerprint density at radius 2 is 2.18 bits per heavy atom. The van der Waals surface area contributed by atoms with Crippen LogP contribution in [-0.2, 0) is 11.3 Å². The first-order valence-corrected chi connectivity index (χ1v) is 8.68. The zero-order chi connectivity index (χ0) is 16.3. The van der Waals surface area contributed by atoms with Gasteiger partial charge in [0.15, 0.2) is 6.04 Å². The third-order valence-corrected chi connectivity index (χ3v) is 5.34. The monoisotopic (exact) mass is 405 g/mol. The molecule has 0 fully saturated rings. The maximum Gasteiger partial charge on any atom is 0.282 e. The van der Waals surface area contributed by atoms with Crippen LogP contribution in [0, 0.1) is 5.82 Å². The molecular formula is C15H16BrClFN2OS+. The maximum absolute atomic E-state index is 13.0. The van der Waals surface area contributed by atoms with Crippen LogP contribution in [0.1, 0.15) is 11.8 Å². The number of hydrogen-bond donors (Lipinski definition) is 2. The third-order valence-electron chi connectivity index (χ3n) is 3.40. The molecular weight excluding hydrogens is 391 g/mol. The van der Waals surface area contributed by atoms with E-state index in [1.807, 2.05) is 26.1 Å². The molecule has 3 nitrogen and oxygen atoms in total. The molecule has 118 valence electrons. The summed E-state index contributed by atoms with van der Waals surface area (Å²) in [5, 5.41) is 2.94. The Morgan fingerprint density at radius 1 is 1.45 bits per heavy atom. The lowest BCUT2D eigenvalue weighted by atomic mass is 10.2. The molecule has 0 saturated heterocycles. The van der Waals surface area contributed by atoms with Crippen LogP contribution in [0.25, 0.3) is 0 Å². The summed E-state index contributed by atoms with van der Waals surface area (Å²) >= 11 is 11.0. The molecule has 0 bridgehead atoms. The highest BCUT2D eigenvalue weighted by Gasteiger charge is 2.23. The number of thiophene rings is 1. The number of likely N-dealkylation sites (N-methyl/N-ethyl adjacent to an activating group) is 1. The fourth-order valence-corrected chi connectivity index (χ4v) is 3.72. The Hall–Kier alpha value is -0.950. The van der Waals surface area contributed by atoms with Gasteiger partial charge in [-0.1, -0.05) is 11.6 Å². The molecule has 1 heterocycles. The highest BCUT2D eigenvalue weighted by atomic mass is 79.9. The lowest BCUT2D eigenvalue weighted by molar-refractivity contribution is -0.907. The molecule has 2 atom stereocenters. The zero-order valence-electron chi connectivity index (χ0n) is 12.1. The average molecular weight is 407 g/mol. The molecule has 0 aliphatic carbocycles. The van der Waals surface area contributed by atoms with E-state index in [0.29, 0.717) is 5.69 Å². The van der Waals surface area contributed by atoms with Crippen LogP contribution in [0.2, 0.25) is 5.02 Å². The molecule has 0 saturated carbocycles. The number of carbonyl (C=O) groups is 1. The highest BCUT2D eigenvalue weighted by Crippen LogP contribution is 2.23. The number of carbonyl (C=O) groups excluding carboxylic acids is 1. The van der Waals surface area contributed by atoms with Crippen molar-refractivity contribution in [1.82, 2.24) is 0 Å². The summed E-state index contributed by atoms with van der Waals surface area (Å²) in [6, 6.07) is 7.69. The van der Waals surface area contributed by atoms with E-state index in [-0.39, 0.29) is 17.0 Å². The highest BCUT2D eigenvalue weighted by molar-refractivity contribution is 9.11. The zero-order valence-corrected chi connectivity index (χ0v) is 15.3. The van der Waals surface area contributed by atoms with Gasteiger partial charge in [0.05, 0.1) is 26.4 Å². The molecule has 7 heteroatoms.